The molecule has 0 aliphatic rings. The molecule has 0 unspecified atom stereocenters. The number of ether oxygens (including phenoxy) is 2. The number of fused-ring (bicyclic) bond motifs is 1. The topological polar surface area (TPSA) is 51.3 Å². The van der Waals surface area contributed by atoms with Gasteiger partial charge in [0.1, 0.15) is 0 Å². The van der Waals surface area contributed by atoms with Crippen molar-refractivity contribution in [2.24, 2.45) is 0 Å². The molecule has 1 heterocycles. The van der Waals surface area contributed by atoms with Gasteiger partial charge in [0.15, 0.2) is 11.5 Å². The van der Waals surface area contributed by atoms with Gasteiger partial charge >= 0.3 is 0 Å². The molecule has 0 aliphatic heterocycles. The minimum Gasteiger partial charge on any atom is -0.493 e. The Morgan fingerprint density at radius 3 is 2.50 bits per heavy atom. The van der Waals surface area contributed by atoms with Crippen LogP contribution in [0, 0.1) is 6.92 Å². The third kappa shape index (κ3) is 1.52. The van der Waals surface area contributed by atoms with Gasteiger partial charge in [-0.05, 0) is 19.1 Å². The van der Waals surface area contributed by atoms with Gasteiger partial charge in [-0.25, -0.2) is 0 Å². The minimum atomic E-state index is -0.142. The summed E-state index contributed by atoms with van der Waals surface area (Å²) in [6.07, 6.45) is 0. The zero-order valence-corrected chi connectivity index (χ0v) is 9.46. The van der Waals surface area contributed by atoms with Crippen molar-refractivity contribution < 1.29 is 9.47 Å². The number of methoxy groups -OCH3 is 2. The summed E-state index contributed by atoms with van der Waals surface area (Å²) in [6, 6.07) is 5.25. The predicted molar refractivity (Wildman–Crippen MR) is 62.4 cm³/mol. The number of hydrogen-bond donors (Lipinski definition) is 1. The zero-order valence-electron chi connectivity index (χ0n) is 9.46. The molecule has 0 atom stereocenters. The fourth-order valence-electron chi connectivity index (χ4n) is 1.84. The summed E-state index contributed by atoms with van der Waals surface area (Å²) in [6.45, 7) is 1.86. The van der Waals surface area contributed by atoms with Gasteiger partial charge in [-0.3, -0.25) is 4.79 Å². The highest BCUT2D eigenvalue weighted by atomic mass is 16.5. The summed E-state index contributed by atoms with van der Waals surface area (Å²) in [4.78, 5) is 14.2. The molecule has 0 saturated carbocycles. The van der Waals surface area contributed by atoms with Crippen molar-refractivity contribution in [2.45, 2.75) is 6.92 Å². The van der Waals surface area contributed by atoms with Crippen molar-refractivity contribution in [2.75, 3.05) is 14.2 Å². The lowest BCUT2D eigenvalue weighted by molar-refractivity contribution is 0.358. The fourth-order valence-corrected chi connectivity index (χ4v) is 1.84. The monoisotopic (exact) mass is 219 g/mol. The molecule has 0 saturated heterocycles. The van der Waals surface area contributed by atoms with Crippen molar-refractivity contribution in [3.63, 3.8) is 0 Å². The Hall–Kier alpha value is -1.97. The molecule has 4 heteroatoms. The quantitative estimate of drug-likeness (QED) is 0.838. The first-order valence-electron chi connectivity index (χ1n) is 4.92. The lowest BCUT2D eigenvalue weighted by Gasteiger charge is -2.11. The molecule has 0 amide bonds. The molecule has 84 valence electrons. The van der Waals surface area contributed by atoms with Crippen molar-refractivity contribution in [1.29, 1.82) is 0 Å². The highest BCUT2D eigenvalue weighted by molar-refractivity contribution is 5.92. The van der Waals surface area contributed by atoms with E-state index in [0.29, 0.717) is 11.5 Å². The molecule has 1 aromatic heterocycles. The fraction of sp³-hybridized carbons (Fsp3) is 0.250. The number of hydrogen-bond acceptors (Lipinski definition) is 3. The Morgan fingerprint density at radius 1 is 1.12 bits per heavy atom. The van der Waals surface area contributed by atoms with Gasteiger partial charge in [0.05, 0.1) is 14.2 Å². The van der Waals surface area contributed by atoms with E-state index in [1.54, 1.807) is 14.2 Å². The van der Waals surface area contributed by atoms with Crippen LogP contribution < -0.4 is 15.0 Å². The maximum absolute atomic E-state index is 11.4. The number of benzene rings is 1. The lowest BCUT2D eigenvalue weighted by Crippen LogP contribution is -2.06. The van der Waals surface area contributed by atoms with Gasteiger partial charge in [-0.15, -0.1) is 0 Å². The summed E-state index contributed by atoms with van der Waals surface area (Å²) < 4.78 is 10.5. The number of pyridine rings is 1. The van der Waals surface area contributed by atoms with Gasteiger partial charge in [0.25, 0.3) is 0 Å². The Kier molecular flexibility index (Phi) is 2.56. The van der Waals surface area contributed by atoms with Crippen LogP contribution in [0.4, 0.5) is 0 Å². The molecule has 2 rings (SSSR count). The van der Waals surface area contributed by atoms with E-state index in [4.69, 9.17) is 9.47 Å². The van der Waals surface area contributed by atoms with Crippen molar-refractivity contribution in [1.82, 2.24) is 4.98 Å². The van der Waals surface area contributed by atoms with Crippen LogP contribution in [0.5, 0.6) is 11.5 Å². The van der Waals surface area contributed by atoms with Gasteiger partial charge in [0, 0.05) is 22.5 Å². The highest BCUT2D eigenvalue weighted by Crippen LogP contribution is 2.35. The van der Waals surface area contributed by atoms with Crippen LogP contribution in [-0.2, 0) is 0 Å². The SMILES string of the molecule is COc1ccc2c(C)[nH]c(=O)cc2c1OC. The van der Waals surface area contributed by atoms with E-state index in [1.165, 1.54) is 6.07 Å². The normalized spacial score (nSPS) is 10.4. The summed E-state index contributed by atoms with van der Waals surface area (Å²) in [7, 11) is 3.14. The van der Waals surface area contributed by atoms with Crippen LogP contribution in [-0.4, -0.2) is 19.2 Å². The smallest absolute Gasteiger partial charge is 0.248 e. The standard InChI is InChI=1S/C12H13NO3/c1-7-8-4-5-10(15-2)12(16-3)9(8)6-11(14)13-7/h4-6H,1-3H3,(H,13,14). The second-order valence-corrected chi connectivity index (χ2v) is 3.52. The molecule has 0 bridgehead atoms. The number of H-pyrrole nitrogens is 1. The Bertz CT molecular complexity index is 587. The summed E-state index contributed by atoms with van der Waals surface area (Å²) in [5, 5.41) is 1.72. The molecule has 0 fully saturated rings. The number of nitrogens with one attached hydrogen (secondary N) is 1. The first kappa shape index (κ1) is 10.5. The number of aryl methyl sites for hydroxylation is 1. The van der Waals surface area contributed by atoms with Crippen LogP contribution in [0.2, 0.25) is 0 Å². The second kappa shape index (κ2) is 3.89. The van der Waals surface area contributed by atoms with E-state index in [9.17, 15) is 4.79 Å². The van der Waals surface area contributed by atoms with Gasteiger partial charge in [0.2, 0.25) is 5.56 Å². The van der Waals surface area contributed by atoms with Crippen molar-refractivity contribution in [3.8, 4) is 11.5 Å². The van der Waals surface area contributed by atoms with E-state index >= 15 is 0 Å². The predicted octanol–water partition coefficient (Wildman–Crippen LogP) is 1.85. The molecule has 4 nitrogen and oxygen atoms in total. The Balaban J connectivity index is 2.91. The third-order valence-electron chi connectivity index (χ3n) is 2.57. The Labute approximate surface area is 92.8 Å². The molecule has 0 radical (unpaired) electrons. The highest BCUT2D eigenvalue weighted by Gasteiger charge is 2.10. The van der Waals surface area contributed by atoms with Crippen LogP contribution in [0.15, 0.2) is 23.0 Å². The number of aromatic nitrogens is 1. The molecule has 16 heavy (non-hydrogen) atoms. The lowest BCUT2D eigenvalue weighted by atomic mass is 10.1. The molecule has 1 aromatic carbocycles. The van der Waals surface area contributed by atoms with Gasteiger partial charge < -0.3 is 14.5 Å². The maximum atomic E-state index is 11.4. The van der Waals surface area contributed by atoms with E-state index in [0.717, 1.165) is 16.5 Å². The van der Waals surface area contributed by atoms with Crippen LogP contribution in [0.3, 0.4) is 0 Å². The molecule has 2 aromatic rings. The summed E-state index contributed by atoms with van der Waals surface area (Å²) in [5.74, 6) is 1.22. The summed E-state index contributed by atoms with van der Waals surface area (Å²) in [5.41, 5.74) is 0.681. The molecular formula is C12H13NO3. The molecule has 0 aliphatic carbocycles. The molecular weight excluding hydrogens is 206 g/mol. The van der Waals surface area contributed by atoms with Crippen LogP contribution in [0.1, 0.15) is 5.69 Å². The first-order chi connectivity index (χ1) is 7.67. The van der Waals surface area contributed by atoms with E-state index in [-0.39, 0.29) is 5.56 Å². The van der Waals surface area contributed by atoms with Crippen molar-refractivity contribution >= 4 is 10.8 Å². The maximum Gasteiger partial charge on any atom is 0.248 e. The van der Waals surface area contributed by atoms with E-state index < -0.39 is 0 Å². The zero-order chi connectivity index (χ0) is 11.7. The average molecular weight is 219 g/mol. The van der Waals surface area contributed by atoms with Crippen LogP contribution >= 0.6 is 0 Å². The largest absolute Gasteiger partial charge is 0.493 e. The van der Waals surface area contributed by atoms with E-state index in [2.05, 4.69) is 4.98 Å². The first-order valence-corrected chi connectivity index (χ1v) is 4.92. The second-order valence-electron chi connectivity index (χ2n) is 3.52. The van der Waals surface area contributed by atoms with Crippen molar-refractivity contribution in [3.05, 3.63) is 34.2 Å². The molecule has 1 N–H and O–H groups in total. The third-order valence-corrected chi connectivity index (χ3v) is 2.57. The minimum absolute atomic E-state index is 0.142. The van der Waals surface area contributed by atoms with Crippen LogP contribution in [0.25, 0.3) is 10.8 Å². The Morgan fingerprint density at radius 2 is 1.88 bits per heavy atom. The molecule has 0 spiro atoms. The van der Waals surface area contributed by atoms with E-state index in [1.807, 2.05) is 19.1 Å². The number of aromatic amines is 1. The average Bonchev–Trinajstić information content (AvgIpc) is 2.27. The van der Waals surface area contributed by atoms with Gasteiger partial charge in [-0.1, -0.05) is 0 Å². The summed E-state index contributed by atoms with van der Waals surface area (Å²) >= 11 is 0. The van der Waals surface area contributed by atoms with Gasteiger partial charge in [-0.2, -0.15) is 0 Å². The number of rotatable bonds is 2.